The summed E-state index contributed by atoms with van der Waals surface area (Å²) in [5.41, 5.74) is 1.21. The molecule has 2 aromatic rings. The predicted molar refractivity (Wildman–Crippen MR) is 127 cm³/mol. The van der Waals surface area contributed by atoms with Crippen molar-refractivity contribution in [1.29, 1.82) is 0 Å². The highest BCUT2D eigenvalue weighted by Gasteiger charge is 2.27. The Morgan fingerprint density at radius 3 is 2.84 bits per heavy atom. The quantitative estimate of drug-likeness (QED) is 0.493. The van der Waals surface area contributed by atoms with E-state index in [0.717, 1.165) is 35.9 Å². The van der Waals surface area contributed by atoms with Gasteiger partial charge < -0.3 is 10.1 Å². The van der Waals surface area contributed by atoms with Gasteiger partial charge in [0.15, 0.2) is 5.16 Å². The van der Waals surface area contributed by atoms with Crippen molar-refractivity contribution in [3.05, 3.63) is 20.8 Å². The Bertz CT molecular complexity index is 1000. The molecule has 2 aliphatic carbocycles. The Kier molecular flexibility index (Phi) is 7.39. The first-order valence-electron chi connectivity index (χ1n) is 11.5. The lowest BCUT2D eigenvalue weighted by Crippen LogP contribution is -2.44. The average molecular weight is 464 g/mol. The number of nitrogens with zero attached hydrogens (tertiary/aromatic N) is 2. The van der Waals surface area contributed by atoms with Gasteiger partial charge in [-0.1, -0.05) is 31.5 Å². The molecule has 6 nitrogen and oxygen atoms in total. The minimum absolute atomic E-state index is 0.0115. The van der Waals surface area contributed by atoms with Crippen LogP contribution in [0.25, 0.3) is 10.2 Å². The van der Waals surface area contributed by atoms with Crippen LogP contribution in [-0.2, 0) is 28.9 Å². The molecule has 2 heterocycles. The number of fused-ring (bicyclic) bond motifs is 3. The van der Waals surface area contributed by atoms with Crippen molar-refractivity contribution >= 4 is 39.2 Å². The van der Waals surface area contributed by atoms with Gasteiger partial charge in [-0.25, -0.2) is 4.98 Å². The molecule has 3 unspecified atom stereocenters. The molecular weight excluding hydrogens is 430 g/mol. The third-order valence-corrected chi connectivity index (χ3v) is 8.93. The van der Waals surface area contributed by atoms with Gasteiger partial charge in [-0.3, -0.25) is 14.2 Å². The second-order valence-electron chi connectivity index (χ2n) is 8.87. The van der Waals surface area contributed by atoms with Gasteiger partial charge in [-0.05, 0) is 56.9 Å². The van der Waals surface area contributed by atoms with Crippen LogP contribution in [0, 0.1) is 5.92 Å². The Hall–Kier alpha value is -1.38. The molecule has 0 spiro atoms. The first-order valence-corrected chi connectivity index (χ1v) is 13.2. The van der Waals surface area contributed by atoms with E-state index in [0.29, 0.717) is 24.2 Å². The van der Waals surface area contributed by atoms with E-state index in [-0.39, 0.29) is 22.8 Å². The SMILES string of the molecule is COCCn1c(SC(C)C(=O)NC2CCCCC2C)nc2sc3c(c2c1=O)CCCC3. The first kappa shape index (κ1) is 22.8. The van der Waals surface area contributed by atoms with Crippen LogP contribution in [0.4, 0.5) is 0 Å². The summed E-state index contributed by atoms with van der Waals surface area (Å²) >= 11 is 3.04. The van der Waals surface area contributed by atoms with Gasteiger partial charge in [0.25, 0.3) is 5.56 Å². The lowest BCUT2D eigenvalue weighted by Gasteiger charge is -2.30. The number of carbonyl (C=O) groups is 1. The Morgan fingerprint density at radius 2 is 2.06 bits per heavy atom. The molecule has 0 bridgehead atoms. The number of ether oxygens (including phenoxy) is 1. The number of thioether (sulfide) groups is 1. The topological polar surface area (TPSA) is 73.2 Å². The van der Waals surface area contributed by atoms with Crippen LogP contribution >= 0.6 is 23.1 Å². The zero-order valence-corrected chi connectivity index (χ0v) is 20.4. The molecule has 4 rings (SSSR count). The number of aryl methyl sites for hydroxylation is 2. The summed E-state index contributed by atoms with van der Waals surface area (Å²) in [5.74, 6) is 0.545. The lowest BCUT2D eigenvalue weighted by molar-refractivity contribution is -0.121. The van der Waals surface area contributed by atoms with E-state index in [4.69, 9.17) is 9.72 Å². The van der Waals surface area contributed by atoms with Gasteiger partial charge in [0, 0.05) is 18.0 Å². The minimum Gasteiger partial charge on any atom is -0.383 e. The van der Waals surface area contributed by atoms with E-state index in [9.17, 15) is 9.59 Å². The molecule has 2 aliphatic rings. The Morgan fingerprint density at radius 1 is 1.29 bits per heavy atom. The molecule has 2 aromatic heterocycles. The largest absolute Gasteiger partial charge is 0.383 e. The maximum absolute atomic E-state index is 13.5. The fourth-order valence-electron chi connectivity index (χ4n) is 4.73. The number of thiophene rings is 1. The van der Waals surface area contributed by atoms with E-state index in [2.05, 4.69) is 12.2 Å². The van der Waals surface area contributed by atoms with Gasteiger partial charge in [0.1, 0.15) is 4.83 Å². The molecule has 31 heavy (non-hydrogen) atoms. The first-order chi connectivity index (χ1) is 15.0. The van der Waals surface area contributed by atoms with Gasteiger partial charge in [0.05, 0.1) is 23.8 Å². The number of methoxy groups -OCH3 is 1. The molecule has 1 N–H and O–H groups in total. The van der Waals surface area contributed by atoms with Crippen LogP contribution in [0.15, 0.2) is 9.95 Å². The Labute approximate surface area is 192 Å². The third kappa shape index (κ3) is 4.86. The summed E-state index contributed by atoms with van der Waals surface area (Å²) in [6.45, 7) is 5.01. The highest BCUT2D eigenvalue weighted by atomic mass is 32.2. The maximum Gasteiger partial charge on any atom is 0.263 e. The molecule has 0 saturated heterocycles. The van der Waals surface area contributed by atoms with E-state index in [1.165, 1.54) is 47.9 Å². The molecular formula is C23H33N3O3S2. The summed E-state index contributed by atoms with van der Waals surface area (Å²) in [6, 6.07) is 0.249. The predicted octanol–water partition coefficient (Wildman–Crippen LogP) is 4.16. The summed E-state index contributed by atoms with van der Waals surface area (Å²) in [6.07, 6.45) is 8.95. The third-order valence-electron chi connectivity index (χ3n) is 6.65. The van der Waals surface area contributed by atoms with E-state index in [1.807, 2.05) is 6.92 Å². The Balaban J connectivity index is 1.60. The number of rotatable bonds is 7. The van der Waals surface area contributed by atoms with Crippen LogP contribution < -0.4 is 10.9 Å². The minimum atomic E-state index is -0.318. The van der Waals surface area contributed by atoms with Crippen LogP contribution in [0.5, 0.6) is 0 Å². The number of aromatic nitrogens is 2. The highest BCUT2D eigenvalue weighted by molar-refractivity contribution is 8.00. The zero-order chi connectivity index (χ0) is 22.0. The lowest BCUT2D eigenvalue weighted by atomic mass is 9.86. The smallest absolute Gasteiger partial charge is 0.263 e. The molecule has 8 heteroatoms. The van der Waals surface area contributed by atoms with E-state index >= 15 is 0 Å². The maximum atomic E-state index is 13.5. The molecule has 0 aromatic carbocycles. The van der Waals surface area contributed by atoms with Crippen LogP contribution in [0.2, 0.25) is 0 Å². The molecule has 1 saturated carbocycles. The van der Waals surface area contributed by atoms with Crippen LogP contribution in [-0.4, -0.2) is 40.5 Å². The number of nitrogens with one attached hydrogen (secondary N) is 1. The summed E-state index contributed by atoms with van der Waals surface area (Å²) in [7, 11) is 1.64. The van der Waals surface area contributed by atoms with Crippen molar-refractivity contribution in [2.75, 3.05) is 13.7 Å². The van der Waals surface area contributed by atoms with Crippen LogP contribution in [0.1, 0.15) is 62.8 Å². The van der Waals surface area contributed by atoms with Crippen molar-refractivity contribution in [1.82, 2.24) is 14.9 Å². The fourth-order valence-corrected chi connectivity index (χ4v) is 6.98. The second-order valence-corrected chi connectivity index (χ2v) is 11.3. The highest BCUT2D eigenvalue weighted by Crippen LogP contribution is 2.35. The van der Waals surface area contributed by atoms with Gasteiger partial charge in [-0.15, -0.1) is 11.3 Å². The molecule has 1 fully saturated rings. The van der Waals surface area contributed by atoms with Gasteiger partial charge in [-0.2, -0.15) is 0 Å². The van der Waals surface area contributed by atoms with Crippen molar-refractivity contribution in [2.45, 2.75) is 88.2 Å². The fraction of sp³-hybridized carbons (Fsp3) is 0.696. The molecule has 1 amide bonds. The molecule has 170 valence electrons. The van der Waals surface area contributed by atoms with Gasteiger partial charge in [0.2, 0.25) is 5.91 Å². The van der Waals surface area contributed by atoms with Crippen LogP contribution in [0.3, 0.4) is 0 Å². The van der Waals surface area contributed by atoms with Crippen molar-refractivity contribution in [3.63, 3.8) is 0 Å². The molecule has 0 aliphatic heterocycles. The normalized spacial score (nSPS) is 22.3. The number of carbonyl (C=O) groups excluding carboxylic acids is 1. The molecule has 0 radical (unpaired) electrons. The summed E-state index contributed by atoms with van der Waals surface area (Å²) < 4.78 is 6.97. The number of hydrogen-bond acceptors (Lipinski definition) is 6. The second kappa shape index (κ2) is 10.0. The van der Waals surface area contributed by atoms with E-state index in [1.54, 1.807) is 23.0 Å². The summed E-state index contributed by atoms with van der Waals surface area (Å²) in [4.78, 5) is 33.4. The van der Waals surface area contributed by atoms with Crippen molar-refractivity contribution < 1.29 is 9.53 Å². The van der Waals surface area contributed by atoms with Crippen molar-refractivity contribution in [3.8, 4) is 0 Å². The van der Waals surface area contributed by atoms with Crippen molar-refractivity contribution in [2.24, 2.45) is 5.92 Å². The zero-order valence-electron chi connectivity index (χ0n) is 18.7. The van der Waals surface area contributed by atoms with E-state index < -0.39 is 0 Å². The number of hydrogen-bond donors (Lipinski definition) is 1. The monoisotopic (exact) mass is 463 g/mol. The standard InChI is InChI=1S/C23H33N3O3S2/c1-14-8-4-6-10-17(14)24-20(27)15(2)30-23-25-21-19(22(28)26(23)12-13-29-3)16-9-5-7-11-18(16)31-21/h14-15,17H,4-13H2,1-3H3,(H,24,27). The summed E-state index contributed by atoms with van der Waals surface area (Å²) in [5, 5.41) is 4.33. The molecule has 3 atom stereocenters. The van der Waals surface area contributed by atoms with Gasteiger partial charge >= 0.3 is 0 Å². The number of amides is 1. The average Bonchev–Trinajstić information content (AvgIpc) is 3.13.